The Bertz CT molecular complexity index is 594. The average molecular weight is 323 g/mol. The van der Waals surface area contributed by atoms with Gasteiger partial charge in [-0.05, 0) is 43.0 Å². The summed E-state index contributed by atoms with van der Waals surface area (Å²) in [6.07, 6.45) is 0.705. The van der Waals surface area contributed by atoms with Gasteiger partial charge < -0.3 is 5.73 Å². The van der Waals surface area contributed by atoms with E-state index in [1.54, 1.807) is 13.0 Å². The second-order valence-corrected chi connectivity index (χ2v) is 7.44. The molecule has 1 aromatic carbocycles. The van der Waals surface area contributed by atoms with E-state index in [2.05, 4.69) is 0 Å². The Morgan fingerprint density at radius 3 is 2.65 bits per heavy atom. The third kappa shape index (κ3) is 3.14. The van der Waals surface area contributed by atoms with Crippen LogP contribution in [0.25, 0.3) is 0 Å². The molecule has 1 fully saturated rings. The highest BCUT2D eigenvalue weighted by Crippen LogP contribution is 2.33. The van der Waals surface area contributed by atoms with Gasteiger partial charge in [-0.2, -0.15) is 4.31 Å². The molecule has 1 saturated heterocycles. The van der Waals surface area contributed by atoms with Crippen LogP contribution in [0.4, 0.5) is 4.39 Å². The van der Waals surface area contributed by atoms with Gasteiger partial charge in [0.2, 0.25) is 10.0 Å². The Kier molecular flexibility index (Phi) is 5.18. The number of rotatable bonds is 3. The first kappa shape index (κ1) is 17.4. The van der Waals surface area contributed by atoms with Gasteiger partial charge in [-0.25, -0.2) is 12.8 Å². The van der Waals surface area contributed by atoms with Crippen molar-refractivity contribution in [1.82, 2.24) is 4.31 Å². The van der Waals surface area contributed by atoms with Gasteiger partial charge in [0.1, 0.15) is 10.7 Å². The first-order valence-electron chi connectivity index (χ1n) is 6.25. The van der Waals surface area contributed by atoms with Crippen molar-refractivity contribution >= 4 is 22.4 Å². The molecule has 1 unspecified atom stereocenters. The summed E-state index contributed by atoms with van der Waals surface area (Å²) in [5.74, 6) is -0.702. The monoisotopic (exact) mass is 322 g/mol. The maximum absolute atomic E-state index is 13.8. The molecule has 20 heavy (non-hydrogen) atoms. The average Bonchev–Trinajstić information content (AvgIpc) is 2.76. The third-order valence-corrected chi connectivity index (χ3v) is 5.58. The molecule has 0 amide bonds. The molecular weight excluding hydrogens is 303 g/mol. The smallest absolute Gasteiger partial charge is 0.246 e. The SMILES string of the molecule is Cc1ccc(F)c(S(=O)(=O)N2CCC(C)(CN)C2)c1.Cl. The van der Waals surface area contributed by atoms with Gasteiger partial charge in [-0.3, -0.25) is 0 Å². The lowest BCUT2D eigenvalue weighted by Crippen LogP contribution is -2.34. The van der Waals surface area contributed by atoms with Crippen LogP contribution in [-0.2, 0) is 10.0 Å². The van der Waals surface area contributed by atoms with Crippen LogP contribution in [0.1, 0.15) is 18.9 Å². The summed E-state index contributed by atoms with van der Waals surface area (Å²) in [5, 5.41) is 0. The topological polar surface area (TPSA) is 63.4 Å². The summed E-state index contributed by atoms with van der Waals surface area (Å²) >= 11 is 0. The lowest BCUT2D eigenvalue weighted by Gasteiger charge is -2.22. The lowest BCUT2D eigenvalue weighted by atomic mass is 9.90. The van der Waals surface area contributed by atoms with Crippen LogP contribution in [0.3, 0.4) is 0 Å². The Morgan fingerprint density at radius 1 is 1.45 bits per heavy atom. The van der Waals surface area contributed by atoms with E-state index in [0.717, 1.165) is 5.56 Å². The molecule has 0 radical (unpaired) electrons. The van der Waals surface area contributed by atoms with Crippen molar-refractivity contribution in [2.75, 3.05) is 19.6 Å². The zero-order valence-corrected chi connectivity index (χ0v) is 13.2. The Balaban J connectivity index is 0.00000200. The van der Waals surface area contributed by atoms with Crippen molar-refractivity contribution < 1.29 is 12.8 Å². The van der Waals surface area contributed by atoms with Crippen LogP contribution in [0.2, 0.25) is 0 Å². The number of aryl methyl sites for hydroxylation is 1. The summed E-state index contributed by atoms with van der Waals surface area (Å²) in [6, 6.07) is 4.13. The molecule has 0 saturated carbocycles. The van der Waals surface area contributed by atoms with E-state index < -0.39 is 15.8 Å². The lowest BCUT2D eigenvalue weighted by molar-refractivity contribution is 0.349. The van der Waals surface area contributed by atoms with Crippen molar-refractivity contribution in [2.45, 2.75) is 25.2 Å². The van der Waals surface area contributed by atoms with Gasteiger partial charge in [-0.1, -0.05) is 13.0 Å². The molecular formula is C13H20ClFN2O2S. The molecule has 1 aliphatic rings. The fraction of sp³-hybridized carbons (Fsp3) is 0.538. The maximum Gasteiger partial charge on any atom is 0.246 e. The van der Waals surface area contributed by atoms with E-state index in [0.29, 0.717) is 26.1 Å². The molecule has 1 atom stereocenters. The Morgan fingerprint density at radius 2 is 2.10 bits per heavy atom. The van der Waals surface area contributed by atoms with Crippen LogP contribution < -0.4 is 5.73 Å². The van der Waals surface area contributed by atoms with Gasteiger partial charge in [0, 0.05) is 13.1 Å². The fourth-order valence-electron chi connectivity index (χ4n) is 2.30. The highest BCUT2D eigenvalue weighted by Gasteiger charge is 2.39. The molecule has 2 rings (SSSR count). The van der Waals surface area contributed by atoms with Crippen LogP contribution >= 0.6 is 12.4 Å². The zero-order chi connectivity index (χ0) is 14.3. The van der Waals surface area contributed by atoms with Gasteiger partial charge in [0.25, 0.3) is 0 Å². The molecule has 7 heteroatoms. The molecule has 4 nitrogen and oxygen atoms in total. The number of nitrogens with two attached hydrogens (primary N) is 1. The number of halogens is 2. The minimum atomic E-state index is -3.77. The van der Waals surface area contributed by atoms with Gasteiger partial charge in [0.05, 0.1) is 0 Å². The number of hydrogen-bond acceptors (Lipinski definition) is 3. The Hall–Kier alpha value is -0.690. The quantitative estimate of drug-likeness (QED) is 0.924. The number of sulfonamides is 1. The summed E-state index contributed by atoms with van der Waals surface area (Å²) in [4.78, 5) is -0.242. The molecule has 0 bridgehead atoms. The normalized spacial score (nSPS) is 23.6. The van der Waals surface area contributed by atoms with Crippen molar-refractivity contribution in [3.8, 4) is 0 Å². The first-order valence-corrected chi connectivity index (χ1v) is 7.69. The van der Waals surface area contributed by atoms with E-state index in [1.165, 1.54) is 16.4 Å². The van der Waals surface area contributed by atoms with E-state index in [-0.39, 0.29) is 22.7 Å². The third-order valence-electron chi connectivity index (χ3n) is 3.72. The van der Waals surface area contributed by atoms with E-state index in [4.69, 9.17) is 5.73 Å². The summed E-state index contributed by atoms with van der Waals surface area (Å²) in [6.45, 7) is 4.86. The predicted molar refractivity (Wildman–Crippen MR) is 78.9 cm³/mol. The number of hydrogen-bond donors (Lipinski definition) is 1. The highest BCUT2D eigenvalue weighted by molar-refractivity contribution is 7.89. The van der Waals surface area contributed by atoms with Crippen LogP contribution in [0.15, 0.2) is 23.1 Å². The van der Waals surface area contributed by atoms with Crippen LogP contribution in [-0.4, -0.2) is 32.4 Å². The van der Waals surface area contributed by atoms with Gasteiger partial charge in [0.15, 0.2) is 0 Å². The fourth-order valence-corrected chi connectivity index (χ4v) is 4.04. The first-order chi connectivity index (χ1) is 8.78. The second kappa shape index (κ2) is 5.97. The standard InChI is InChI=1S/C13H19FN2O2S.ClH/c1-10-3-4-11(14)12(7-10)19(17,18)16-6-5-13(2,8-15)9-16;/h3-4,7H,5-6,8-9,15H2,1-2H3;1H. The highest BCUT2D eigenvalue weighted by atomic mass is 35.5. The van der Waals surface area contributed by atoms with Gasteiger partial charge >= 0.3 is 0 Å². The van der Waals surface area contributed by atoms with Crippen LogP contribution in [0.5, 0.6) is 0 Å². The van der Waals surface area contributed by atoms with Crippen LogP contribution in [0, 0.1) is 18.2 Å². The molecule has 0 spiro atoms. The molecule has 1 aliphatic heterocycles. The minimum Gasteiger partial charge on any atom is -0.330 e. The Labute approximate surface area is 125 Å². The number of nitrogens with zero attached hydrogens (tertiary/aromatic N) is 1. The minimum absolute atomic E-state index is 0. The summed E-state index contributed by atoms with van der Waals surface area (Å²) < 4.78 is 40.0. The molecule has 2 N–H and O–H groups in total. The zero-order valence-electron chi connectivity index (χ0n) is 11.6. The predicted octanol–water partition coefficient (Wildman–Crippen LogP) is 1.92. The summed E-state index contributed by atoms with van der Waals surface area (Å²) in [7, 11) is -3.77. The van der Waals surface area contributed by atoms with Crippen molar-refractivity contribution in [3.05, 3.63) is 29.6 Å². The summed E-state index contributed by atoms with van der Waals surface area (Å²) in [5.41, 5.74) is 6.18. The van der Waals surface area contributed by atoms with Crippen molar-refractivity contribution in [1.29, 1.82) is 0 Å². The van der Waals surface area contributed by atoms with Crippen molar-refractivity contribution in [3.63, 3.8) is 0 Å². The molecule has 1 heterocycles. The number of benzene rings is 1. The van der Waals surface area contributed by atoms with E-state index in [1.807, 2.05) is 6.92 Å². The van der Waals surface area contributed by atoms with E-state index in [9.17, 15) is 12.8 Å². The second-order valence-electron chi connectivity index (χ2n) is 5.54. The molecule has 114 valence electrons. The van der Waals surface area contributed by atoms with E-state index >= 15 is 0 Å². The molecule has 0 aromatic heterocycles. The van der Waals surface area contributed by atoms with Gasteiger partial charge in [-0.15, -0.1) is 12.4 Å². The molecule has 0 aliphatic carbocycles. The largest absolute Gasteiger partial charge is 0.330 e. The van der Waals surface area contributed by atoms with Crippen molar-refractivity contribution in [2.24, 2.45) is 11.1 Å². The molecule has 1 aromatic rings. The maximum atomic E-state index is 13.8.